The van der Waals surface area contributed by atoms with Crippen molar-refractivity contribution >= 4 is 11.6 Å². The summed E-state index contributed by atoms with van der Waals surface area (Å²) in [7, 11) is 1.82. The second kappa shape index (κ2) is 4.55. The number of aryl methyl sites for hydroxylation is 1. The van der Waals surface area contributed by atoms with E-state index < -0.39 is 0 Å². The average molecular weight is 256 g/mol. The van der Waals surface area contributed by atoms with Gasteiger partial charge in [0, 0.05) is 24.7 Å². The Morgan fingerprint density at radius 1 is 1.26 bits per heavy atom. The Bertz CT molecular complexity index is 605. The Labute approximate surface area is 111 Å². The molecule has 4 nitrogen and oxygen atoms in total. The number of carbonyl (C=O) groups excluding carboxylic acids is 1. The maximum Gasteiger partial charge on any atom is 0.227 e. The molecule has 1 unspecified atom stereocenters. The number of amides is 1. The highest BCUT2D eigenvalue weighted by atomic mass is 16.3. The molecule has 19 heavy (non-hydrogen) atoms. The summed E-state index contributed by atoms with van der Waals surface area (Å²) >= 11 is 0. The summed E-state index contributed by atoms with van der Waals surface area (Å²) in [5.74, 6) is 0.166. The molecule has 1 amide bonds. The van der Waals surface area contributed by atoms with Gasteiger partial charge in [-0.25, -0.2) is 0 Å². The third kappa shape index (κ3) is 2.04. The smallest absolute Gasteiger partial charge is 0.227 e. The van der Waals surface area contributed by atoms with E-state index in [1.165, 1.54) is 5.56 Å². The van der Waals surface area contributed by atoms with Crippen molar-refractivity contribution < 1.29 is 9.21 Å². The minimum atomic E-state index is -0.188. The van der Waals surface area contributed by atoms with Gasteiger partial charge in [-0.1, -0.05) is 12.1 Å². The fourth-order valence-corrected chi connectivity index (χ4v) is 2.51. The van der Waals surface area contributed by atoms with Crippen molar-refractivity contribution in [1.82, 2.24) is 0 Å². The van der Waals surface area contributed by atoms with Gasteiger partial charge in [0.15, 0.2) is 0 Å². The van der Waals surface area contributed by atoms with E-state index in [1.54, 1.807) is 17.4 Å². The molecule has 0 saturated carbocycles. The van der Waals surface area contributed by atoms with Crippen molar-refractivity contribution in [2.75, 3.05) is 11.9 Å². The van der Waals surface area contributed by atoms with Gasteiger partial charge in [0.25, 0.3) is 0 Å². The summed E-state index contributed by atoms with van der Waals surface area (Å²) in [5.41, 5.74) is 10.4. The summed E-state index contributed by atoms with van der Waals surface area (Å²) in [6.45, 7) is 0. The topological polar surface area (TPSA) is 59.5 Å². The van der Waals surface area contributed by atoms with E-state index in [1.807, 2.05) is 25.2 Å². The second-order valence-corrected chi connectivity index (χ2v) is 4.88. The fraction of sp³-hybridized carbons (Fsp3) is 0.267. The van der Waals surface area contributed by atoms with Gasteiger partial charge in [-0.2, -0.15) is 0 Å². The number of nitrogens with zero attached hydrogens (tertiary/aromatic N) is 1. The number of carbonyl (C=O) groups is 1. The summed E-state index contributed by atoms with van der Waals surface area (Å²) in [6, 6.07) is 7.73. The van der Waals surface area contributed by atoms with Crippen LogP contribution >= 0.6 is 0 Å². The van der Waals surface area contributed by atoms with Crippen LogP contribution in [0.1, 0.15) is 29.2 Å². The predicted molar refractivity (Wildman–Crippen MR) is 72.9 cm³/mol. The fourth-order valence-electron chi connectivity index (χ4n) is 2.51. The molecule has 2 heterocycles. The molecule has 3 rings (SSSR count). The van der Waals surface area contributed by atoms with Crippen LogP contribution in [0.2, 0.25) is 0 Å². The van der Waals surface area contributed by atoms with E-state index in [-0.39, 0.29) is 11.9 Å². The van der Waals surface area contributed by atoms with Crippen LogP contribution in [0.4, 0.5) is 5.69 Å². The van der Waals surface area contributed by atoms with Crippen LogP contribution in [0.15, 0.2) is 41.2 Å². The molecule has 2 aromatic rings. The van der Waals surface area contributed by atoms with E-state index in [0.29, 0.717) is 6.42 Å². The zero-order valence-corrected chi connectivity index (χ0v) is 10.8. The molecule has 98 valence electrons. The van der Waals surface area contributed by atoms with Gasteiger partial charge in [-0.3, -0.25) is 4.79 Å². The molecular weight excluding hydrogens is 240 g/mol. The summed E-state index contributed by atoms with van der Waals surface area (Å²) < 4.78 is 5.07. The van der Waals surface area contributed by atoms with Crippen molar-refractivity contribution in [3.05, 3.63) is 53.5 Å². The van der Waals surface area contributed by atoms with Gasteiger partial charge in [0.1, 0.15) is 0 Å². The van der Waals surface area contributed by atoms with Crippen LogP contribution in [0, 0.1) is 0 Å². The Morgan fingerprint density at radius 2 is 2.11 bits per heavy atom. The van der Waals surface area contributed by atoms with Gasteiger partial charge in [0.05, 0.1) is 18.6 Å². The van der Waals surface area contributed by atoms with Crippen molar-refractivity contribution in [2.24, 2.45) is 5.73 Å². The van der Waals surface area contributed by atoms with Crippen LogP contribution < -0.4 is 10.6 Å². The summed E-state index contributed by atoms with van der Waals surface area (Å²) in [4.78, 5) is 13.4. The molecule has 0 spiro atoms. The van der Waals surface area contributed by atoms with E-state index in [2.05, 4.69) is 6.07 Å². The number of rotatable bonds is 2. The first-order chi connectivity index (χ1) is 9.16. The summed E-state index contributed by atoms with van der Waals surface area (Å²) in [5, 5.41) is 0. The lowest BCUT2D eigenvalue weighted by atomic mass is 9.95. The summed E-state index contributed by atoms with van der Waals surface area (Å²) in [6.07, 6.45) is 4.64. The van der Waals surface area contributed by atoms with Crippen LogP contribution in [-0.2, 0) is 11.2 Å². The lowest BCUT2D eigenvalue weighted by Crippen LogP contribution is -2.31. The van der Waals surface area contributed by atoms with E-state index in [4.69, 9.17) is 10.2 Å². The SMILES string of the molecule is CN1C(=O)CCc2cc(C(N)c3ccoc3)ccc21. The monoisotopic (exact) mass is 256 g/mol. The normalized spacial score (nSPS) is 16.3. The van der Waals surface area contributed by atoms with Crippen molar-refractivity contribution in [2.45, 2.75) is 18.9 Å². The van der Waals surface area contributed by atoms with Crippen molar-refractivity contribution in [1.29, 1.82) is 0 Å². The Kier molecular flexibility index (Phi) is 2.87. The highest BCUT2D eigenvalue weighted by Gasteiger charge is 2.22. The third-order valence-corrected chi connectivity index (χ3v) is 3.71. The number of benzene rings is 1. The van der Waals surface area contributed by atoms with Gasteiger partial charge in [-0.15, -0.1) is 0 Å². The van der Waals surface area contributed by atoms with Crippen molar-refractivity contribution in [3.8, 4) is 0 Å². The molecule has 1 aliphatic heterocycles. The average Bonchev–Trinajstić information content (AvgIpc) is 2.96. The minimum Gasteiger partial charge on any atom is -0.472 e. The number of hydrogen-bond donors (Lipinski definition) is 1. The van der Waals surface area contributed by atoms with Gasteiger partial charge in [-0.05, 0) is 29.7 Å². The Balaban J connectivity index is 1.96. The maximum absolute atomic E-state index is 11.7. The second-order valence-electron chi connectivity index (χ2n) is 4.88. The van der Waals surface area contributed by atoms with Gasteiger partial charge in [0.2, 0.25) is 5.91 Å². The predicted octanol–water partition coefficient (Wildman–Crippen LogP) is 2.24. The Hall–Kier alpha value is -2.07. The highest BCUT2D eigenvalue weighted by molar-refractivity contribution is 5.95. The number of nitrogens with two attached hydrogens (primary N) is 1. The molecule has 2 N–H and O–H groups in total. The first-order valence-corrected chi connectivity index (χ1v) is 6.34. The molecule has 1 aromatic carbocycles. The molecular formula is C15H16N2O2. The minimum absolute atomic E-state index is 0.166. The molecule has 0 radical (unpaired) electrons. The van der Waals surface area contributed by atoms with Gasteiger partial charge < -0.3 is 15.1 Å². The number of anilines is 1. The lowest BCUT2D eigenvalue weighted by molar-refractivity contribution is -0.118. The van der Waals surface area contributed by atoms with Crippen LogP contribution in [0.5, 0.6) is 0 Å². The van der Waals surface area contributed by atoms with Gasteiger partial charge >= 0.3 is 0 Å². The standard InChI is InChI=1S/C15H16N2O2/c1-17-13-4-2-11(8-10(13)3-5-14(17)18)15(16)12-6-7-19-9-12/h2,4,6-9,15H,3,5,16H2,1H3. The first-order valence-electron chi connectivity index (χ1n) is 6.34. The quantitative estimate of drug-likeness (QED) is 0.896. The zero-order chi connectivity index (χ0) is 13.4. The van der Waals surface area contributed by atoms with E-state index in [0.717, 1.165) is 23.2 Å². The molecule has 1 atom stereocenters. The van der Waals surface area contributed by atoms with Crippen molar-refractivity contribution in [3.63, 3.8) is 0 Å². The zero-order valence-electron chi connectivity index (χ0n) is 10.8. The first kappa shape index (κ1) is 12.0. The molecule has 1 aromatic heterocycles. The van der Waals surface area contributed by atoms with Crippen LogP contribution in [0.25, 0.3) is 0 Å². The number of furan rings is 1. The Morgan fingerprint density at radius 3 is 2.84 bits per heavy atom. The maximum atomic E-state index is 11.7. The largest absolute Gasteiger partial charge is 0.472 e. The van der Waals surface area contributed by atoms with Crippen LogP contribution in [-0.4, -0.2) is 13.0 Å². The molecule has 0 saturated heterocycles. The molecule has 4 heteroatoms. The molecule has 0 bridgehead atoms. The molecule has 1 aliphatic rings. The van der Waals surface area contributed by atoms with E-state index in [9.17, 15) is 4.79 Å². The number of hydrogen-bond acceptors (Lipinski definition) is 3. The van der Waals surface area contributed by atoms with E-state index >= 15 is 0 Å². The lowest BCUT2D eigenvalue weighted by Gasteiger charge is -2.26. The highest BCUT2D eigenvalue weighted by Crippen LogP contribution is 2.30. The third-order valence-electron chi connectivity index (χ3n) is 3.71. The molecule has 0 aliphatic carbocycles. The van der Waals surface area contributed by atoms with Crippen LogP contribution in [0.3, 0.4) is 0 Å². The molecule has 0 fully saturated rings. The number of fused-ring (bicyclic) bond motifs is 1.